The molecule has 1 aliphatic heterocycles. The van der Waals surface area contributed by atoms with Crippen molar-refractivity contribution in [3.8, 4) is 0 Å². The molecule has 1 saturated heterocycles. The van der Waals surface area contributed by atoms with Gasteiger partial charge in [-0.2, -0.15) is 4.31 Å². The van der Waals surface area contributed by atoms with E-state index < -0.39 is 21.4 Å². The number of nitrogens with zero attached hydrogens (tertiary/aromatic N) is 1. The second kappa shape index (κ2) is 5.10. The molecule has 1 atom stereocenters. The first kappa shape index (κ1) is 16.0. The normalized spacial score (nSPS) is 23.4. The van der Waals surface area contributed by atoms with E-state index >= 15 is 0 Å². The molecular formula is C15H21NO4S. The predicted molar refractivity (Wildman–Crippen MR) is 79.8 cm³/mol. The first-order chi connectivity index (χ1) is 9.58. The summed E-state index contributed by atoms with van der Waals surface area (Å²) in [6.07, 6.45) is 0.339. The van der Waals surface area contributed by atoms with Gasteiger partial charge in [0.05, 0.1) is 10.3 Å². The van der Waals surface area contributed by atoms with Crippen LogP contribution in [0, 0.1) is 26.2 Å². The van der Waals surface area contributed by atoms with Crippen molar-refractivity contribution >= 4 is 16.0 Å². The second-order valence-corrected chi connectivity index (χ2v) is 8.06. The summed E-state index contributed by atoms with van der Waals surface area (Å²) >= 11 is 0. The van der Waals surface area contributed by atoms with Crippen LogP contribution in [0.1, 0.15) is 30.0 Å². The van der Waals surface area contributed by atoms with Crippen molar-refractivity contribution in [2.24, 2.45) is 5.41 Å². The highest BCUT2D eigenvalue weighted by Gasteiger charge is 2.45. The van der Waals surface area contributed by atoms with Gasteiger partial charge in [0.1, 0.15) is 0 Å². The zero-order valence-electron chi connectivity index (χ0n) is 12.8. The number of hydrogen-bond acceptors (Lipinski definition) is 3. The number of aliphatic carboxylic acids is 1. The molecule has 1 heterocycles. The molecule has 1 aliphatic rings. The quantitative estimate of drug-likeness (QED) is 0.927. The SMILES string of the molecule is Cc1cc(C)c(S(=O)(=O)N2CCC(C)(C(=O)O)C2)c(C)c1. The molecule has 21 heavy (non-hydrogen) atoms. The second-order valence-electron chi connectivity index (χ2n) is 6.18. The number of benzene rings is 1. The van der Waals surface area contributed by atoms with Gasteiger partial charge in [0.2, 0.25) is 10.0 Å². The monoisotopic (exact) mass is 311 g/mol. The lowest BCUT2D eigenvalue weighted by molar-refractivity contribution is -0.146. The molecule has 6 heteroatoms. The van der Waals surface area contributed by atoms with E-state index in [0.29, 0.717) is 22.4 Å². The summed E-state index contributed by atoms with van der Waals surface area (Å²) in [5, 5.41) is 9.25. The summed E-state index contributed by atoms with van der Waals surface area (Å²) in [4.78, 5) is 11.6. The van der Waals surface area contributed by atoms with Crippen molar-refractivity contribution in [3.05, 3.63) is 28.8 Å². The van der Waals surface area contributed by atoms with Gasteiger partial charge in [-0.3, -0.25) is 4.79 Å². The molecule has 0 aliphatic carbocycles. The fraction of sp³-hybridized carbons (Fsp3) is 0.533. The summed E-state index contributed by atoms with van der Waals surface area (Å²) in [6, 6.07) is 3.68. The van der Waals surface area contributed by atoms with Crippen molar-refractivity contribution in [3.63, 3.8) is 0 Å². The first-order valence-electron chi connectivity index (χ1n) is 6.89. The topological polar surface area (TPSA) is 74.7 Å². The number of carbonyl (C=O) groups is 1. The highest BCUT2D eigenvalue weighted by atomic mass is 32.2. The zero-order valence-corrected chi connectivity index (χ0v) is 13.6. The van der Waals surface area contributed by atoms with Crippen LogP contribution < -0.4 is 0 Å². The minimum Gasteiger partial charge on any atom is -0.481 e. The van der Waals surface area contributed by atoms with Crippen LogP contribution in [0.25, 0.3) is 0 Å². The lowest BCUT2D eigenvalue weighted by Gasteiger charge is -2.22. The van der Waals surface area contributed by atoms with Crippen molar-refractivity contribution in [1.82, 2.24) is 4.31 Å². The average molecular weight is 311 g/mol. The average Bonchev–Trinajstić information content (AvgIpc) is 2.72. The Kier molecular flexibility index (Phi) is 3.88. The third-order valence-electron chi connectivity index (χ3n) is 4.16. The van der Waals surface area contributed by atoms with Crippen LogP contribution in [0.2, 0.25) is 0 Å². The highest BCUT2D eigenvalue weighted by molar-refractivity contribution is 7.89. The van der Waals surface area contributed by atoms with Crippen molar-refractivity contribution in [2.75, 3.05) is 13.1 Å². The fourth-order valence-corrected chi connectivity index (χ4v) is 4.98. The molecule has 116 valence electrons. The lowest BCUT2D eigenvalue weighted by atomic mass is 9.90. The van der Waals surface area contributed by atoms with E-state index in [1.807, 2.05) is 19.1 Å². The van der Waals surface area contributed by atoms with Gasteiger partial charge in [-0.05, 0) is 45.2 Å². The molecule has 0 saturated carbocycles. The maximum absolute atomic E-state index is 12.8. The Morgan fingerprint density at radius 3 is 2.19 bits per heavy atom. The van der Waals surface area contributed by atoms with Gasteiger partial charge in [-0.1, -0.05) is 17.7 Å². The number of rotatable bonds is 3. The minimum absolute atomic E-state index is 0.0252. The first-order valence-corrected chi connectivity index (χ1v) is 8.33. The number of sulfonamides is 1. The van der Waals surface area contributed by atoms with Gasteiger partial charge in [0, 0.05) is 13.1 Å². The molecule has 1 unspecified atom stereocenters. The van der Waals surface area contributed by atoms with E-state index in [0.717, 1.165) is 5.56 Å². The van der Waals surface area contributed by atoms with Crippen LogP contribution in [0.5, 0.6) is 0 Å². The number of carboxylic acid groups (broad SMARTS) is 1. The molecule has 5 nitrogen and oxygen atoms in total. The van der Waals surface area contributed by atoms with E-state index in [2.05, 4.69) is 0 Å². The molecule has 0 amide bonds. The third-order valence-corrected chi connectivity index (χ3v) is 6.31. The standard InChI is InChI=1S/C15H21NO4S/c1-10-7-11(2)13(12(3)8-10)21(19,20)16-6-5-15(4,9-16)14(17)18/h7-8H,5-6,9H2,1-4H3,(H,17,18). The Labute approximate surface area is 125 Å². The van der Waals surface area contributed by atoms with Gasteiger partial charge in [0.25, 0.3) is 0 Å². The zero-order chi connectivity index (χ0) is 16.0. The van der Waals surface area contributed by atoms with E-state index in [4.69, 9.17) is 0 Å². The molecule has 0 aromatic heterocycles. The van der Waals surface area contributed by atoms with E-state index in [1.54, 1.807) is 20.8 Å². The van der Waals surface area contributed by atoms with Gasteiger partial charge in [-0.25, -0.2) is 8.42 Å². The molecule has 0 bridgehead atoms. The van der Waals surface area contributed by atoms with Gasteiger partial charge in [-0.15, -0.1) is 0 Å². The molecule has 0 radical (unpaired) electrons. The maximum atomic E-state index is 12.8. The maximum Gasteiger partial charge on any atom is 0.310 e. The van der Waals surface area contributed by atoms with Gasteiger partial charge >= 0.3 is 5.97 Å². The summed E-state index contributed by atoms with van der Waals surface area (Å²) in [6.45, 7) is 7.35. The molecule has 1 aromatic rings. The Morgan fingerprint density at radius 2 is 1.76 bits per heavy atom. The van der Waals surface area contributed by atoms with Crippen molar-refractivity contribution in [1.29, 1.82) is 0 Å². The van der Waals surface area contributed by atoms with E-state index in [9.17, 15) is 18.3 Å². The summed E-state index contributed by atoms with van der Waals surface area (Å²) in [7, 11) is -3.65. The van der Waals surface area contributed by atoms with Crippen LogP contribution in [0.3, 0.4) is 0 Å². The smallest absolute Gasteiger partial charge is 0.310 e. The Morgan fingerprint density at radius 1 is 1.24 bits per heavy atom. The molecule has 1 aromatic carbocycles. The third kappa shape index (κ3) is 2.70. The van der Waals surface area contributed by atoms with Crippen LogP contribution in [0.15, 0.2) is 17.0 Å². The van der Waals surface area contributed by atoms with Crippen LogP contribution in [-0.2, 0) is 14.8 Å². The predicted octanol–water partition coefficient (Wildman–Crippen LogP) is 2.10. The van der Waals surface area contributed by atoms with E-state index in [-0.39, 0.29) is 13.1 Å². The van der Waals surface area contributed by atoms with Crippen LogP contribution >= 0.6 is 0 Å². The number of carboxylic acids is 1. The van der Waals surface area contributed by atoms with Crippen molar-refractivity contribution in [2.45, 2.75) is 39.0 Å². The Bertz CT molecular complexity index is 673. The fourth-order valence-electron chi connectivity index (χ4n) is 3.00. The Balaban J connectivity index is 2.44. The highest BCUT2D eigenvalue weighted by Crippen LogP contribution is 2.35. The summed E-state index contributed by atoms with van der Waals surface area (Å²) in [5.41, 5.74) is 1.42. The Hall–Kier alpha value is -1.40. The van der Waals surface area contributed by atoms with Gasteiger partial charge < -0.3 is 5.11 Å². The molecular weight excluding hydrogens is 290 g/mol. The number of hydrogen-bond donors (Lipinski definition) is 1. The molecule has 1 N–H and O–H groups in total. The largest absolute Gasteiger partial charge is 0.481 e. The molecule has 2 rings (SSSR count). The van der Waals surface area contributed by atoms with Crippen molar-refractivity contribution < 1.29 is 18.3 Å². The number of aryl methyl sites for hydroxylation is 3. The van der Waals surface area contributed by atoms with Gasteiger partial charge in [0.15, 0.2) is 0 Å². The van der Waals surface area contributed by atoms with Crippen LogP contribution in [0.4, 0.5) is 0 Å². The molecule has 0 spiro atoms. The summed E-state index contributed by atoms with van der Waals surface area (Å²) < 4.78 is 27.0. The summed E-state index contributed by atoms with van der Waals surface area (Å²) in [5.74, 6) is -0.947. The lowest BCUT2D eigenvalue weighted by Crippen LogP contribution is -2.35. The molecule has 1 fully saturated rings. The minimum atomic E-state index is -3.65. The van der Waals surface area contributed by atoms with Crippen LogP contribution in [-0.4, -0.2) is 36.9 Å². The van der Waals surface area contributed by atoms with E-state index in [1.165, 1.54) is 4.31 Å².